The van der Waals surface area contributed by atoms with Gasteiger partial charge in [0.25, 0.3) is 0 Å². The fraction of sp³-hybridized carbons (Fsp3) is 0.706. The zero-order valence-electron chi connectivity index (χ0n) is 12.6. The predicted octanol–water partition coefficient (Wildman–Crippen LogP) is 5.53. The van der Waals surface area contributed by atoms with Crippen molar-refractivity contribution in [2.45, 2.75) is 66.2 Å². The van der Waals surface area contributed by atoms with Crippen molar-refractivity contribution in [3.05, 3.63) is 23.9 Å². The zero-order valence-corrected chi connectivity index (χ0v) is 12.6. The van der Waals surface area contributed by atoms with Gasteiger partial charge in [0.05, 0.1) is 0 Å². The van der Waals surface area contributed by atoms with Crippen molar-refractivity contribution in [1.82, 2.24) is 0 Å². The molecule has 0 aromatic rings. The first kappa shape index (κ1) is 15.2. The number of hydrogen-bond acceptors (Lipinski definition) is 1. The van der Waals surface area contributed by atoms with E-state index in [0.29, 0.717) is 0 Å². The molecule has 0 N–H and O–H groups in total. The van der Waals surface area contributed by atoms with E-state index in [0.717, 1.165) is 12.3 Å². The van der Waals surface area contributed by atoms with Gasteiger partial charge in [0.2, 0.25) is 0 Å². The van der Waals surface area contributed by atoms with Crippen molar-refractivity contribution in [3.63, 3.8) is 0 Å². The minimum atomic E-state index is 0.137. The lowest BCUT2D eigenvalue weighted by molar-refractivity contribution is 0.302. The highest BCUT2D eigenvalue weighted by atomic mass is 14.7. The maximum atomic E-state index is 4.54. The Balaban J connectivity index is 2.82. The Bertz CT molecular complexity index is 325. The van der Waals surface area contributed by atoms with Crippen LogP contribution in [0.2, 0.25) is 0 Å². The lowest BCUT2D eigenvalue weighted by Crippen LogP contribution is -2.27. The standard InChI is InChI=1S/C17H29N/c1-5-8-10-16(9-6-2)17(4)12-11-15(7-3)13-18-14-17/h11-14,16H,5-10H2,1-4H3. The monoisotopic (exact) mass is 247 g/mol. The second-order valence-electron chi connectivity index (χ2n) is 5.66. The van der Waals surface area contributed by atoms with Gasteiger partial charge < -0.3 is 0 Å². The van der Waals surface area contributed by atoms with E-state index in [4.69, 9.17) is 0 Å². The van der Waals surface area contributed by atoms with Crippen molar-refractivity contribution in [2.24, 2.45) is 16.3 Å². The number of hydrogen-bond donors (Lipinski definition) is 0. The SMILES string of the molecule is CCCCC(CCC)C1(C)C=CC(CC)=CN=C1. The van der Waals surface area contributed by atoms with Crippen LogP contribution in [0.5, 0.6) is 0 Å². The molecule has 0 saturated heterocycles. The van der Waals surface area contributed by atoms with E-state index in [2.05, 4.69) is 51.1 Å². The minimum absolute atomic E-state index is 0.137. The van der Waals surface area contributed by atoms with Gasteiger partial charge in [0.15, 0.2) is 0 Å². The molecule has 102 valence electrons. The molecule has 0 saturated carbocycles. The van der Waals surface area contributed by atoms with Crippen molar-refractivity contribution >= 4 is 6.21 Å². The molecule has 0 aliphatic carbocycles. The largest absolute Gasteiger partial charge is 0.268 e. The van der Waals surface area contributed by atoms with E-state index in [1.54, 1.807) is 0 Å². The average molecular weight is 247 g/mol. The summed E-state index contributed by atoms with van der Waals surface area (Å²) in [5, 5.41) is 0. The maximum absolute atomic E-state index is 4.54. The summed E-state index contributed by atoms with van der Waals surface area (Å²) in [5.41, 5.74) is 1.47. The van der Waals surface area contributed by atoms with E-state index in [1.807, 2.05) is 6.20 Å². The maximum Gasteiger partial charge on any atom is 0.0296 e. The highest BCUT2D eigenvalue weighted by Crippen LogP contribution is 2.36. The summed E-state index contributed by atoms with van der Waals surface area (Å²) >= 11 is 0. The van der Waals surface area contributed by atoms with E-state index < -0.39 is 0 Å². The molecular formula is C17H29N. The smallest absolute Gasteiger partial charge is 0.0296 e. The summed E-state index contributed by atoms with van der Waals surface area (Å²) in [6.45, 7) is 9.10. The van der Waals surface area contributed by atoms with E-state index in [1.165, 1.54) is 37.7 Å². The molecule has 0 aromatic carbocycles. The molecule has 0 amide bonds. The van der Waals surface area contributed by atoms with Crippen LogP contribution in [0.3, 0.4) is 0 Å². The average Bonchev–Trinajstić information content (AvgIpc) is 2.57. The highest BCUT2D eigenvalue weighted by molar-refractivity contribution is 5.70. The minimum Gasteiger partial charge on any atom is -0.268 e. The molecule has 1 nitrogen and oxygen atoms in total. The summed E-state index contributed by atoms with van der Waals surface area (Å²) in [6, 6.07) is 0. The van der Waals surface area contributed by atoms with Crippen LogP contribution in [-0.4, -0.2) is 6.21 Å². The lowest BCUT2D eigenvalue weighted by Gasteiger charge is -2.31. The van der Waals surface area contributed by atoms with Gasteiger partial charge in [0.1, 0.15) is 0 Å². The Morgan fingerprint density at radius 2 is 1.94 bits per heavy atom. The lowest BCUT2D eigenvalue weighted by atomic mass is 9.73. The van der Waals surface area contributed by atoms with Gasteiger partial charge in [-0.2, -0.15) is 0 Å². The third-order valence-corrected chi connectivity index (χ3v) is 4.08. The number of allylic oxidation sites excluding steroid dienone is 3. The van der Waals surface area contributed by atoms with Crippen LogP contribution in [0.25, 0.3) is 0 Å². The van der Waals surface area contributed by atoms with Gasteiger partial charge in [-0.25, -0.2) is 0 Å². The quantitative estimate of drug-likeness (QED) is 0.560. The Kier molecular flexibility index (Phi) is 6.38. The van der Waals surface area contributed by atoms with Crippen molar-refractivity contribution in [3.8, 4) is 0 Å². The zero-order chi connectivity index (χ0) is 13.4. The Labute approximate surface area is 113 Å². The van der Waals surface area contributed by atoms with Crippen LogP contribution in [0.4, 0.5) is 0 Å². The molecular weight excluding hydrogens is 218 g/mol. The van der Waals surface area contributed by atoms with Crippen molar-refractivity contribution in [2.75, 3.05) is 0 Å². The van der Waals surface area contributed by atoms with E-state index in [9.17, 15) is 0 Å². The fourth-order valence-corrected chi connectivity index (χ4v) is 2.68. The molecule has 1 rings (SSSR count). The molecule has 1 heteroatoms. The predicted molar refractivity (Wildman–Crippen MR) is 82.0 cm³/mol. The normalized spacial score (nSPS) is 24.8. The molecule has 0 aromatic heterocycles. The molecule has 0 fully saturated rings. The Morgan fingerprint density at radius 1 is 1.17 bits per heavy atom. The molecule has 2 atom stereocenters. The van der Waals surface area contributed by atoms with E-state index >= 15 is 0 Å². The van der Waals surface area contributed by atoms with Gasteiger partial charge in [-0.15, -0.1) is 0 Å². The second kappa shape index (κ2) is 7.56. The topological polar surface area (TPSA) is 12.4 Å². The number of nitrogens with zero attached hydrogens (tertiary/aromatic N) is 1. The first-order valence-electron chi connectivity index (χ1n) is 7.58. The summed E-state index contributed by atoms with van der Waals surface area (Å²) in [4.78, 5) is 4.54. The van der Waals surface area contributed by atoms with Gasteiger partial charge in [0, 0.05) is 17.8 Å². The number of rotatable bonds is 7. The van der Waals surface area contributed by atoms with Gasteiger partial charge in [-0.1, -0.05) is 59.1 Å². The Morgan fingerprint density at radius 3 is 2.56 bits per heavy atom. The molecule has 0 spiro atoms. The number of unbranched alkanes of at least 4 members (excludes halogenated alkanes) is 1. The summed E-state index contributed by atoms with van der Waals surface area (Å²) in [6.07, 6.45) is 16.4. The van der Waals surface area contributed by atoms with Crippen molar-refractivity contribution < 1.29 is 0 Å². The molecule has 1 aliphatic heterocycles. The molecule has 18 heavy (non-hydrogen) atoms. The third-order valence-electron chi connectivity index (χ3n) is 4.08. The summed E-state index contributed by atoms with van der Waals surface area (Å²) < 4.78 is 0. The van der Waals surface area contributed by atoms with Crippen LogP contribution in [-0.2, 0) is 0 Å². The van der Waals surface area contributed by atoms with Gasteiger partial charge in [-0.05, 0) is 30.8 Å². The fourth-order valence-electron chi connectivity index (χ4n) is 2.68. The van der Waals surface area contributed by atoms with Gasteiger partial charge >= 0.3 is 0 Å². The highest BCUT2D eigenvalue weighted by Gasteiger charge is 2.29. The molecule has 2 unspecified atom stereocenters. The van der Waals surface area contributed by atoms with E-state index in [-0.39, 0.29) is 5.41 Å². The molecule has 1 heterocycles. The first-order chi connectivity index (χ1) is 8.66. The molecule has 1 aliphatic rings. The first-order valence-corrected chi connectivity index (χ1v) is 7.58. The summed E-state index contributed by atoms with van der Waals surface area (Å²) in [7, 11) is 0. The second-order valence-corrected chi connectivity index (χ2v) is 5.66. The number of aliphatic imine (C=N–C) groups is 1. The Hall–Kier alpha value is -0.850. The van der Waals surface area contributed by atoms with Crippen LogP contribution in [0.1, 0.15) is 66.2 Å². The van der Waals surface area contributed by atoms with Crippen LogP contribution in [0.15, 0.2) is 28.9 Å². The van der Waals surface area contributed by atoms with Crippen LogP contribution >= 0.6 is 0 Å². The molecule has 0 bridgehead atoms. The van der Waals surface area contributed by atoms with Crippen molar-refractivity contribution in [1.29, 1.82) is 0 Å². The molecule has 0 radical (unpaired) electrons. The van der Waals surface area contributed by atoms with Crippen LogP contribution in [0, 0.1) is 11.3 Å². The van der Waals surface area contributed by atoms with Crippen LogP contribution < -0.4 is 0 Å². The van der Waals surface area contributed by atoms with Gasteiger partial charge in [-0.3, -0.25) is 4.99 Å². The summed E-state index contributed by atoms with van der Waals surface area (Å²) in [5.74, 6) is 0.729. The third kappa shape index (κ3) is 4.12.